The van der Waals surface area contributed by atoms with Crippen LogP contribution in [0.25, 0.3) is 0 Å². The van der Waals surface area contributed by atoms with Crippen LogP contribution >= 0.6 is 31.9 Å². The molecule has 2 rings (SSSR count). The summed E-state index contributed by atoms with van der Waals surface area (Å²) >= 11 is 7.34. The van der Waals surface area contributed by atoms with Gasteiger partial charge in [-0.3, -0.25) is 0 Å². The Balaban J connectivity index is 2.25. The van der Waals surface area contributed by atoms with E-state index in [0.717, 1.165) is 0 Å². The summed E-state index contributed by atoms with van der Waals surface area (Å²) in [5, 5.41) is 0. The van der Waals surface area contributed by atoms with Crippen molar-refractivity contribution in [2.24, 2.45) is 5.92 Å². The molecule has 0 heterocycles. The van der Waals surface area contributed by atoms with Crippen LogP contribution in [0, 0.1) is 5.92 Å². The number of alkyl halides is 2. The number of rotatable bonds is 1. The third-order valence-corrected chi connectivity index (χ3v) is 5.00. The van der Waals surface area contributed by atoms with Crippen molar-refractivity contribution in [2.75, 3.05) is 0 Å². The summed E-state index contributed by atoms with van der Waals surface area (Å²) in [7, 11) is 0. The summed E-state index contributed by atoms with van der Waals surface area (Å²) in [6.07, 6.45) is 0. The van der Waals surface area contributed by atoms with Gasteiger partial charge in [-0.15, -0.1) is 0 Å². The molecule has 0 bridgehead atoms. The van der Waals surface area contributed by atoms with Gasteiger partial charge in [-0.2, -0.15) is 0 Å². The van der Waals surface area contributed by atoms with Crippen molar-refractivity contribution in [1.29, 1.82) is 0 Å². The summed E-state index contributed by atoms with van der Waals surface area (Å²) in [4.78, 5) is 0. The molecule has 1 aliphatic rings. The molecule has 0 unspecified atom stereocenters. The maximum Gasteiger partial charge on any atom is 0.0908 e. The molecule has 0 aliphatic heterocycles. The van der Waals surface area contributed by atoms with Crippen molar-refractivity contribution >= 4 is 31.9 Å². The highest BCUT2D eigenvalue weighted by Crippen LogP contribution is 2.66. The molecule has 0 spiro atoms. The monoisotopic (exact) mass is 288 g/mol. The van der Waals surface area contributed by atoms with E-state index in [1.54, 1.807) is 0 Å². The molecule has 1 aromatic carbocycles. The van der Waals surface area contributed by atoms with Gasteiger partial charge >= 0.3 is 0 Å². The van der Waals surface area contributed by atoms with E-state index in [0.29, 0.717) is 11.8 Å². The van der Waals surface area contributed by atoms with Crippen molar-refractivity contribution < 1.29 is 0 Å². The van der Waals surface area contributed by atoms with Gasteiger partial charge in [-0.05, 0) is 11.5 Å². The summed E-state index contributed by atoms with van der Waals surface area (Å²) < 4.78 is 0.154. The van der Waals surface area contributed by atoms with Gasteiger partial charge in [-0.1, -0.05) is 69.1 Å². The van der Waals surface area contributed by atoms with Crippen LogP contribution in [0.2, 0.25) is 0 Å². The van der Waals surface area contributed by atoms with Gasteiger partial charge in [0.2, 0.25) is 0 Å². The highest BCUT2D eigenvalue weighted by molar-refractivity contribution is 9.25. The van der Waals surface area contributed by atoms with Crippen LogP contribution in [0.3, 0.4) is 0 Å². The molecule has 0 radical (unpaired) electrons. The first kappa shape index (κ1) is 8.76. The zero-order valence-electron chi connectivity index (χ0n) is 6.80. The molecule has 12 heavy (non-hydrogen) atoms. The quantitative estimate of drug-likeness (QED) is 0.688. The Morgan fingerprint density at radius 3 is 2.08 bits per heavy atom. The van der Waals surface area contributed by atoms with Crippen molar-refractivity contribution in [2.45, 2.75) is 16.1 Å². The second-order valence-electron chi connectivity index (χ2n) is 3.35. The minimum absolute atomic E-state index is 0.154. The topological polar surface area (TPSA) is 0 Å². The Kier molecular flexibility index (Phi) is 2.08. The third kappa shape index (κ3) is 1.25. The Morgan fingerprint density at radius 2 is 1.67 bits per heavy atom. The van der Waals surface area contributed by atoms with Crippen molar-refractivity contribution in [1.82, 2.24) is 0 Å². The largest absolute Gasteiger partial charge is 0.0908 e. The summed E-state index contributed by atoms with van der Waals surface area (Å²) in [5.41, 5.74) is 1.42. The van der Waals surface area contributed by atoms with E-state index in [4.69, 9.17) is 0 Å². The molecule has 0 amide bonds. The molecular weight excluding hydrogens is 280 g/mol. The average molecular weight is 290 g/mol. The lowest BCUT2D eigenvalue weighted by Crippen LogP contribution is -1.87. The lowest BCUT2D eigenvalue weighted by Gasteiger charge is -1.98. The molecule has 1 aromatic rings. The first-order valence-electron chi connectivity index (χ1n) is 4.07. The normalized spacial score (nSPS) is 31.6. The Hall–Kier alpha value is 0.180. The summed E-state index contributed by atoms with van der Waals surface area (Å²) in [5.74, 6) is 1.30. The van der Waals surface area contributed by atoms with E-state index in [-0.39, 0.29) is 3.23 Å². The van der Waals surface area contributed by atoms with E-state index < -0.39 is 0 Å². The van der Waals surface area contributed by atoms with E-state index >= 15 is 0 Å². The Labute approximate surface area is 89.6 Å². The van der Waals surface area contributed by atoms with Gasteiger partial charge in [0.15, 0.2) is 0 Å². The van der Waals surface area contributed by atoms with Crippen molar-refractivity contribution in [3.63, 3.8) is 0 Å². The fourth-order valence-corrected chi connectivity index (χ4v) is 3.24. The predicted octanol–water partition coefficient (Wildman–Crippen LogP) is 3.91. The second kappa shape index (κ2) is 2.85. The van der Waals surface area contributed by atoms with Crippen molar-refractivity contribution in [3.05, 3.63) is 35.9 Å². The molecular formula is C10H10Br2. The molecule has 2 heteroatoms. The maximum absolute atomic E-state index is 3.67. The predicted molar refractivity (Wildman–Crippen MR) is 58.9 cm³/mol. The molecule has 0 nitrogen and oxygen atoms in total. The van der Waals surface area contributed by atoms with Crippen LogP contribution in [0.4, 0.5) is 0 Å². The Bertz CT molecular complexity index is 279. The SMILES string of the molecule is C[C@H]1[C@H](c2ccccc2)C1(Br)Br. The zero-order chi connectivity index (χ0) is 8.77. The summed E-state index contributed by atoms with van der Waals surface area (Å²) in [6, 6.07) is 10.6. The van der Waals surface area contributed by atoms with Crippen LogP contribution in [-0.2, 0) is 0 Å². The lowest BCUT2D eigenvalue weighted by atomic mass is 10.1. The van der Waals surface area contributed by atoms with Crippen LogP contribution in [0.1, 0.15) is 18.4 Å². The first-order valence-corrected chi connectivity index (χ1v) is 5.65. The van der Waals surface area contributed by atoms with Gasteiger partial charge in [0.1, 0.15) is 0 Å². The number of hydrogen-bond donors (Lipinski definition) is 0. The molecule has 1 aliphatic carbocycles. The van der Waals surface area contributed by atoms with Gasteiger partial charge in [0, 0.05) is 5.92 Å². The minimum Gasteiger partial charge on any atom is -0.0717 e. The van der Waals surface area contributed by atoms with E-state index in [2.05, 4.69) is 69.1 Å². The fourth-order valence-electron chi connectivity index (χ4n) is 1.65. The van der Waals surface area contributed by atoms with Crippen LogP contribution < -0.4 is 0 Å². The van der Waals surface area contributed by atoms with E-state index in [1.165, 1.54) is 5.56 Å². The smallest absolute Gasteiger partial charge is 0.0717 e. The first-order chi connectivity index (χ1) is 5.64. The van der Waals surface area contributed by atoms with Gasteiger partial charge in [0.25, 0.3) is 0 Å². The molecule has 1 fully saturated rings. The second-order valence-corrected chi connectivity index (χ2v) is 7.04. The Morgan fingerprint density at radius 1 is 1.17 bits per heavy atom. The molecule has 0 N–H and O–H groups in total. The van der Waals surface area contributed by atoms with Crippen LogP contribution in [0.5, 0.6) is 0 Å². The van der Waals surface area contributed by atoms with Crippen LogP contribution in [0.15, 0.2) is 30.3 Å². The zero-order valence-corrected chi connectivity index (χ0v) is 9.97. The molecule has 0 aromatic heterocycles. The van der Waals surface area contributed by atoms with Gasteiger partial charge < -0.3 is 0 Å². The van der Waals surface area contributed by atoms with Crippen molar-refractivity contribution in [3.8, 4) is 0 Å². The number of hydrogen-bond acceptors (Lipinski definition) is 0. The minimum atomic E-state index is 0.154. The van der Waals surface area contributed by atoms with E-state index in [1.807, 2.05) is 0 Å². The fraction of sp³-hybridized carbons (Fsp3) is 0.400. The molecule has 2 atom stereocenters. The third-order valence-electron chi connectivity index (χ3n) is 2.57. The highest BCUT2D eigenvalue weighted by atomic mass is 79.9. The van der Waals surface area contributed by atoms with Gasteiger partial charge in [-0.25, -0.2) is 0 Å². The highest BCUT2D eigenvalue weighted by Gasteiger charge is 2.59. The van der Waals surface area contributed by atoms with Gasteiger partial charge in [0.05, 0.1) is 3.23 Å². The lowest BCUT2D eigenvalue weighted by molar-refractivity contribution is 0.914. The van der Waals surface area contributed by atoms with E-state index in [9.17, 15) is 0 Å². The maximum atomic E-state index is 3.67. The molecule has 0 saturated heterocycles. The average Bonchev–Trinajstić information content (AvgIpc) is 2.53. The molecule has 64 valence electrons. The summed E-state index contributed by atoms with van der Waals surface area (Å²) in [6.45, 7) is 2.25. The molecule has 1 saturated carbocycles. The number of benzene rings is 1. The van der Waals surface area contributed by atoms with Crippen LogP contribution in [-0.4, -0.2) is 3.23 Å². The standard InChI is InChI=1S/C10H10Br2/c1-7-9(10(7,11)12)8-5-3-2-4-6-8/h2-7,9H,1H3/t7-,9+/m0/s1. The number of halogens is 2.